The first-order chi connectivity index (χ1) is 17.0. The Morgan fingerprint density at radius 1 is 1.14 bits per heavy atom. The van der Waals surface area contributed by atoms with E-state index in [9.17, 15) is 18.0 Å². The lowest BCUT2D eigenvalue weighted by molar-refractivity contribution is -0.206. The van der Waals surface area contributed by atoms with Crippen LogP contribution < -0.4 is 0 Å². The van der Waals surface area contributed by atoms with E-state index in [0.29, 0.717) is 4.90 Å². The topological polar surface area (TPSA) is 103 Å². The summed E-state index contributed by atoms with van der Waals surface area (Å²) in [5.41, 5.74) is 9.51. The first-order valence-electron chi connectivity index (χ1n) is 11.0. The normalized spacial score (nSPS) is 20.8. The minimum Gasteiger partial charge on any atom is -0.441 e. The molecule has 3 rings (SSSR count). The van der Waals surface area contributed by atoms with Crippen LogP contribution in [0, 0.1) is 6.92 Å². The zero-order chi connectivity index (χ0) is 26.3. The monoisotopic (exact) mass is 525 g/mol. The average Bonchev–Trinajstić information content (AvgIpc) is 3.14. The van der Waals surface area contributed by atoms with Gasteiger partial charge in [-0.3, -0.25) is 0 Å². The molecule has 0 amide bonds. The van der Waals surface area contributed by atoms with Gasteiger partial charge in [-0.15, -0.1) is 0 Å². The first kappa shape index (κ1) is 27.8. The molecular weight excluding hydrogens is 499 g/mol. The van der Waals surface area contributed by atoms with E-state index in [1.165, 1.54) is 0 Å². The number of azide groups is 1. The second-order valence-electron chi connectivity index (χ2n) is 8.54. The summed E-state index contributed by atoms with van der Waals surface area (Å²) in [7, 11) is 0. The molecule has 1 unspecified atom stereocenters. The predicted molar refractivity (Wildman–Crippen MR) is 126 cm³/mol. The molecule has 12 heteroatoms. The molecule has 1 fully saturated rings. The van der Waals surface area contributed by atoms with E-state index in [-0.39, 0.29) is 13.2 Å². The van der Waals surface area contributed by atoms with Crippen LogP contribution in [-0.4, -0.2) is 48.2 Å². The lowest BCUT2D eigenvalue weighted by atomic mass is 10.1. The summed E-state index contributed by atoms with van der Waals surface area (Å²) >= 11 is 0.876. The van der Waals surface area contributed by atoms with Crippen LogP contribution in [0.25, 0.3) is 10.4 Å². The minimum absolute atomic E-state index is 0.102. The Hall–Kier alpha value is -2.76. The molecule has 194 valence electrons. The Balaban J connectivity index is 1.86. The van der Waals surface area contributed by atoms with Gasteiger partial charge in [0.15, 0.2) is 11.2 Å². The van der Waals surface area contributed by atoms with Gasteiger partial charge < -0.3 is 18.9 Å². The summed E-state index contributed by atoms with van der Waals surface area (Å²) in [5, 5.41) is 3.76. The fraction of sp³-hybridized carbons (Fsp3) is 0.458. The van der Waals surface area contributed by atoms with E-state index >= 15 is 0 Å². The highest BCUT2D eigenvalue weighted by Crippen LogP contribution is 2.40. The van der Waals surface area contributed by atoms with Gasteiger partial charge in [0.05, 0.1) is 19.3 Å². The Morgan fingerprint density at radius 2 is 1.78 bits per heavy atom. The Bertz CT molecular complexity index is 1060. The highest BCUT2D eigenvalue weighted by Gasteiger charge is 2.52. The Morgan fingerprint density at radius 3 is 2.39 bits per heavy atom. The van der Waals surface area contributed by atoms with Crippen LogP contribution in [0.4, 0.5) is 13.2 Å². The van der Waals surface area contributed by atoms with E-state index in [1.807, 2.05) is 37.3 Å². The lowest BCUT2D eigenvalue weighted by Crippen LogP contribution is -2.45. The van der Waals surface area contributed by atoms with Crippen LogP contribution in [0.1, 0.15) is 25.0 Å². The number of esters is 1. The molecule has 1 aliphatic rings. The van der Waals surface area contributed by atoms with Gasteiger partial charge in [-0.1, -0.05) is 64.9 Å². The number of benzene rings is 2. The maximum absolute atomic E-state index is 13.1. The third-order valence-electron chi connectivity index (χ3n) is 5.14. The molecule has 0 radical (unpaired) electrons. The third kappa shape index (κ3) is 7.87. The summed E-state index contributed by atoms with van der Waals surface area (Å²) in [5.74, 6) is -3.62. The molecule has 2 aromatic rings. The van der Waals surface area contributed by atoms with E-state index in [1.54, 1.807) is 38.1 Å². The predicted octanol–water partition coefficient (Wildman–Crippen LogP) is 5.93. The summed E-state index contributed by atoms with van der Waals surface area (Å²) in [6, 6.07) is 15.2. The second kappa shape index (κ2) is 12.0. The van der Waals surface area contributed by atoms with Gasteiger partial charge in [-0.05, 0) is 44.0 Å². The van der Waals surface area contributed by atoms with Gasteiger partial charge in [0.2, 0.25) is 0 Å². The number of carbonyl (C=O) groups is 1. The van der Waals surface area contributed by atoms with Crippen molar-refractivity contribution in [1.29, 1.82) is 0 Å². The lowest BCUT2D eigenvalue weighted by Gasteiger charge is -2.28. The van der Waals surface area contributed by atoms with E-state index in [4.69, 9.17) is 24.5 Å². The van der Waals surface area contributed by atoms with Gasteiger partial charge in [0.25, 0.3) is 0 Å². The van der Waals surface area contributed by atoms with Gasteiger partial charge in [0.1, 0.15) is 12.2 Å². The zero-order valence-electron chi connectivity index (χ0n) is 19.8. The second-order valence-corrected chi connectivity index (χ2v) is 9.71. The summed E-state index contributed by atoms with van der Waals surface area (Å²) in [6.07, 6.45) is -7.47. The molecule has 0 aromatic heterocycles. The highest BCUT2D eigenvalue weighted by atomic mass is 32.2. The highest BCUT2D eigenvalue weighted by molar-refractivity contribution is 7.99. The molecule has 0 aliphatic carbocycles. The number of halogens is 3. The van der Waals surface area contributed by atoms with Crippen molar-refractivity contribution in [3.05, 3.63) is 76.2 Å². The van der Waals surface area contributed by atoms with Crippen molar-refractivity contribution in [3.63, 3.8) is 0 Å². The molecule has 0 bridgehead atoms. The summed E-state index contributed by atoms with van der Waals surface area (Å²) < 4.78 is 61.7. The molecular formula is C24H26F3N3O5S. The summed E-state index contributed by atoms with van der Waals surface area (Å²) in [6.45, 7) is 5.11. The van der Waals surface area contributed by atoms with Crippen LogP contribution in [-0.2, 0) is 30.3 Å². The van der Waals surface area contributed by atoms with Crippen molar-refractivity contribution in [3.8, 4) is 0 Å². The number of alkyl halides is 3. The van der Waals surface area contributed by atoms with E-state index in [0.717, 1.165) is 22.9 Å². The number of hydrogen-bond acceptors (Lipinski definition) is 7. The van der Waals surface area contributed by atoms with Gasteiger partial charge in [-0.2, -0.15) is 13.2 Å². The molecule has 8 nitrogen and oxygen atoms in total. The molecule has 0 N–H and O–H groups in total. The fourth-order valence-electron chi connectivity index (χ4n) is 3.54. The zero-order valence-corrected chi connectivity index (χ0v) is 20.7. The van der Waals surface area contributed by atoms with Crippen molar-refractivity contribution in [1.82, 2.24) is 0 Å². The number of nitrogens with zero attached hydrogens (tertiary/aromatic N) is 3. The van der Waals surface area contributed by atoms with E-state index in [2.05, 4.69) is 10.0 Å². The van der Waals surface area contributed by atoms with Crippen LogP contribution in [0.3, 0.4) is 0 Å². The number of hydrogen-bond donors (Lipinski definition) is 0. The smallest absolute Gasteiger partial charge is 0.441 e. The molecule has 36 heavy (non-hydrogen) atoms. The standard InChI is InChI=1S/C24H26F3N3O5S/c1-15-9-11-17(12-10-15)36-21(33-22(31)24(25,26)27)20-19(34-23(2,3)35-20)18(29-30-28)14-32-13-16-7-5-4-6-8-16/h4-12,18-21H,13-14H2,1-3H3/t18-,19+,20-,21?/m1/s1. The maximum Gasteiger partial charge on any atom is 0.490 e. The SMILES string of the molecule is Cc1ccc(SC(OC(=O)C(F)(F)F)[C@@H]2OC(C)(C)O[C@H]2[C@@H](COCc2ccccc2)N=[N+]=[N-])cc1. The number of aryl methyl sites for hydroxylation is 1. The number of carbonyl (C=O) groups excluding carboxylic acids is 1. The molecule has 0 saturated carbocycles. The minimum atomic E-state index is -5.21. The molecule has 1 saturated heterocycles. The number of thioether (sulfide) groups is 1. The average molecular weight is 526 g/mol. The summed E-state index contributed by atoms with van der Waals surface area (Å²) in [4.78, 5) is 15.2. The van der Waals surface area contributed by atoms with Crippen LogP contribution in [0.15, 0.2) is 64.6 Å². The van der Waals surface area contributed by atoms with E-state index < -0.39 is 41.6 Å². The Labute approximate surface area is 210 Å². The molecule has 1 heterocycles. The molecule has 1 aliphatic heterocycles. The van der Waals surface area contributed by atoms with Crippen molar-refractivity contribution < 1.29 is 36.9 Å². The van der Waals surface area contributed by atoms with Crippen molar-refractivity contribution >= 4 is 17.7 Å². The number of rotatable bonds is 10. The molecule has 0 spiro atoms. The van der Waals surface area contributed by atoms with Crippen LogP contribution in [0.5, 0.6) is 0 Å². The first-order valence-corrected chi connectivity index (χ1v) is 11.9. The Kier molecular flexibility index (Phi) is 9.26. The van der Waals surface area contributed by atoms with Gasteiger partial charge >= 0.3 is 12.1 Å². The van der Waals surface area contributed by atoms with Crippen molar-refractivity contribution in [2.24, 2.45) is 5.11 Å². The van der Waals surface area contributed by atoms with Crippen molar-refractivity contribution in [2.45, 2.75) is 67.9 Å². The number of ether oxygens (including phenoxy) is 4. The van der Waals surface area contributed by atoms with Gasteiger partial charge in [-0.25, -0.2) is 4.79 Å². The van der Waals surface area contributed by atoms with Crippen LogP contribution >= 0.6 is 11.8 Å². The quantitative estimate of drug-likeness (QED) is 0.0951. The third-order valence-corrected chi connectivity index (χ3v) is 6.28. The molecule has 2 aromatic carbocycles. The maximum atomic E-state index is 13.1. The van der Waals surface area contributed by atoms with Crippen molar-refractivity contribution in [2.75, 3.05) is 6.61 Å². The van der Waals surface area contributed by atoms with Gasteiger partial charge in [0, 0.05) is 9.81 Å². The van der Waals surface area contributed by atoms with Crippen LogP contribution in [0.2, 0.25) is 0 Å². The fourth-order valence-corrected chi connectivity index (χ4v) is 4.58. The largest absolute Gasteiger partial charge is 0.490 e. The molecule has 4 atom stereocenters.